The number of nitrogens with one attached hydrogen (secondary N) is 3. The molecule has 1 aliphatic rings. The summed E-state index contributed by atoms with van der Waals surface area (Å²) in [6.07, 6.45) is -9.41. The van der Waals surface area contributed by atoms with Crippen molar-refractivity contribution >= 4 is 15.9 Å². The normalized spacial score (nSPS) is 17.3. The summed E-state index contributed by atoms with van der Waals surface area (Å²) in [6, 6.07) is 4.70. The maximum atomic E-state index is 13.7. The van der Waals surface area contributed by atoms with Gasteiger partial charge in [-0.1, -0.05) is 45.0 Å². The van der Waals surface area contributed by atoms with Gasteiger partial charge in [0.05, 0.1) is 22.9 Å². The molecule has 0 heterocycles. The lowest BCUT2D eigenvalue weighted by Crippen LogP contribution is -2.48. The molecular formula is C27H33F6N3O3S. The van der Waals surface area contributed by atoms with E-state index in [0.29, 0.717) is 25.5 Å². The molecule has 0 fully saturated rings. The van der Waals surface area contributed by atoms with E-state index in [9.17, 15) is 39.6 Å². The van der Waals surface area contributed by atoms with Gasteiger partial charge in [-0.25, -0.2) is 8.42 Å². The highest BCUT2D eigenvalue weighted by Gasteiger charge is 2.44. The Morgan fingerprint density at radius 1 is 1.02 bits per heavy atom. The highest BCUT2D eigenvalue weighted by molar-refractivity contribution is 7.89. The molecular weight excluding hydrogens is 560 g/mol. The average molecular weight is 594 g/mol. The highest BCUT2D eigenvalue weighted by Crippen LogP contribution is 2.33. The van der Waals surface area contributed by atoms with Crippen molar-refractivity contribution in [3.8, 4) is 0 Å². The smallest absolute Gasteiger partial charge is 0.349 e. The minimum Gasteiger partial charge on any atom is -0.349 e. The van der Waals surface area contributed by atoms with Gasteiger partial charge in [0, 0.05) is 13.1 Å². The Balaban J connectivity index is 1.71. The van der Waals surface area contributed by atoms with Gasteiger partial charge in [0.25, 0.3) is 0 Å². The maximum absolute atomic E-state index is 13.7. The number of hydrogen-bond donors (Lipinski definition) is 3. The Kier molecular flexibility index (Phi) is 9.62. The first-order chi connectivity index (χ1) is 18.3. The van der Waals surface area contributed by atoms with Crippen molar-refractivity contribution in [1.29, 1.82) is 0 Å². The van der Waals surface area contributed by atoms with E-state index in [-0.39, 0.29) is 11.5 Å². The van der Waals surface area contributed by atoms with Gasteiger partial charge in [-0.05, 0) is 59.6 Å². The van der Waals surface area contributed by atoms with E-state index in [4.69, 9.17) is 0 Å². The average Bonchev–Trinajstić information content (AvgIpc) is 2.82. The summed E-state index contributed by atoms with van der Waals surface area (Å²) < 4.78 is 107. The quantitative estimate of drug-likeness (QED) is 0.329. The number of aryl methyl sites for hydroxylation is 1. The van der Waals surface area contributed by atoms with Gasteiger partial charge < -0.3 is 10.6 Å². The van der Waals surface area contributed by atoms with Gasteiger partial charge in [-0.2, -0.15) is 31.1 Å². The fraction of sp³-hybridized carbons (Fsp3) is 0.519. The topological polar surface area (TPSA) is 87.3 Å². The van der Waals surface area contributed by atoms with Crippen molar-refractivity contribution in [2.45, 2.75) is 82.3 Å². The van der Waals surface area contributed by atoms with Crippen molar-refractivity contribution < 1.29 is 39.6 Å². The summed E-state index contributed by atoms with van der Waals surface area (Å²) in [6.45, 7) is 7.78. The Labute approximate surface area is 230 Å². The van der Waals surface area contributed by atoms with E-state index in [1.807, 2.05) is 18.2 Å². The van der Waals surface area contributed by atoms with Crippen LogP contribution in [-0.2, 0) is 34.0 Å². The van der Waals surface area contributed by atoms with Gasteiger partial charge in [-0.15, -0.1) is 0 Å². The molecule has 0 saturated heterocycles. The van der Waals surface area contributed by atoms with E-state index in [2.05, 4.69) is 31.4 Å². The predicted molar refractivity (Wildman–Crippen MR) is 138 cm³/mol. The number of fused-ring (bicyclic) bond motifs is 1. The zero-order valence-corrected chi connectivity index (χ0v) is 23.2. The third-order valence-electron chi connectivity index (χ3n) is 6.40. The van der Waals surface area contributed by atoms with Gasteiger partial charge in [0.15, 0.2) is 0 Å². The minimum absolute atomic E-state index is 0.110. The van der Waals surface area contributed by atoms with Crippen molar-refractivity contribution in [1.82, 2.24) is 15.4 Å². The third kappa shape index (κ3) is 8.93. The zero-order valence-electron chi connectivity index (χ0n) is 22.3. The first kappa shape index (κ1) is 31.9. The van der Waals surface area contributed by atoms with E-state index >= 15 is 0 Å². The van der Waals surface area contributed by atoms with Crippen LogP contribution in [0.4, 0.5) is 26.3 Å². The molecule has 13 heteroatoms. The number of carbonyl (C=O) groups excluding carboxylic acids is 1. The number of sulfonamides is 1. The number of halogens is 6. The van der Waals surface area contributed by atoms with Gasteiger partial charge >= 0.3 is 12.4 Å². The molecule has 2 aromatic rings. The Hall–Kier alpha value is -2.64. The van der Waals surface area contributed by atoms with Crippen LogP contribution in [0.3, 0.4) is 0 Å². The largest absolute Gasteiger partial charge is 0.416 e. The number of amides is 1. The second-order valence-electron chi connectivity index (χ2n) is 11.2. The molecule has 1 amide bonds. The number of rotatable bonds is 9. The summed E-state index contributed by atoms with van der Waals surface area (Å²) in [5, 5.41) is 5.96. The predicted octanol–water partition coefficient (Wildman–Crippen LogP) is 5.63. The molecule has 0 spiro atoms. The highest BCUT2D eigenvalue weighted by atomic mass is 32.2. The second-order valence-corrected chi connectivity index (χ2v) is 12.9. The summed E-state index contributed by atoms with van der Waals surface area (Å²) in [7, 11) is -5.03. The lowest BCUT2D eigenvalue weighted by Gasteiger charge is -2.28. The first-order valence-corrected chi connectivity index (χ1v) is 14.2. The number of hydrogen-bond acceptors (Lipinski definition) is 4. The molecule has 2 atom stereocenters. The van der Waals surface area contributed by atoms with Crippen LogP contribution < -0.4 is 15.4 Å². The molecule has 3 rings (SSSR count). The fourth-order valence-corrected chi connectivity index (χ4v) is 5.73. The van der Waals surface area contributed by atoms with Crippen LogP contribution in [-0.4, -0.2) is 33.1 Å². The van der Waals surface area contributed by atoms with Crippen LogP contribution in [0.25, 0.3) is 0 Å². The number of carbonyl (C=O) groups is 1. The van der Waals surface area contributed by atoms with E-state index < -0.39 is 57.2 Å². The molecule has 222 valence electrons. The van der Waals surface area contributed by atoms with Crippen LogP contribution in [0.15, 0.2) is 47.4 Å². The van der Waals surface area contributed by atoms with Gasteiger partial charge in [-0.3, -0.25) is 4.79 Å². The van der Waals surface area contributed by atoms with Crippen LogP contribution in [0.2, 0.25) is 0 Å². The van der Waals surface area contributed by atoms with Crippen molar-refractivity contribution in [3.05, 3.63) is 64.7 Å². The SMILES string of the molecule is CC(C)(C)CNCc1ccc2c(c1)CCC[C@H]2NC(=O)C[C@H](NS(=O)(=O)c1cccc(C(F)(F)F)c1)C(F)(F)F. The molecule has 40 heavy (non-hydrogen) atoms. The summed E-state index contributed by atoms with van der Waals surface area (Å²) in [5.41, 5.74) is 1.58. The molecule has 0 unspecified atom stereocenters. The van der Waals surface area contributed by atoms with Gasteiger partial charge in [0.2, 0.25) is 15.9 Å². The molecule has 2 aromatic carbocycles. The van der Waals surface area contributed by atoms with Crippen molar-refractivity contribution in [2.24, 2.45) is 5.41 Å². The molecule has 0 aromatic heterocycles. The lowest BCUT2D eigenvalue weighted by molar-refractivity contribution is -0.158. The molecule has 0 radical (unpaired) electrons. The summed E-state index contributed by atoms with van der Waals surface area (Å²) in [4.78, 5) is 11.7. The Morgan fingerprint density at radius 2 is 1.73 bits per heavy atom. The molecule has 0 bridgehead atoms. The van der Waals surface area contributed by atoms with E-state index in [1.54, 1.807) is 0 Å². The Bertz CT molecular complexity index is 1300. The third-order valence-corrected chi connectivity index (χ3v) is 7.86. The molecule has 0 aliphatic heterocycles. The van der Waals surface area contributed by atoms with Crippen LogP contribution >= 0.6 is 0 Å². The first-order valence-electron chi connectivity index (χ1n) is 12.7. The van der Waals surface area contributed by atoms with Crippen LogP contribution in [0, 0.1) is 5.41 Å². The van der Waals surface area contributed by atoms with Gasteiger partial charge in [0.1, 0.15) is 6.04 Å². The maximum Gasteiger partial charge on any atom is 0.416 e. The minimum atomic E-state index is -5.18. The fourth-order valence-electron chi connectivity index (χ4n) is 4.47. The molecule has 6 nitrogen and oxygen atoms in total. The van der Waals surface area contributed by atoms with E-state index in [0.717, 1.165) is 41.8 Å². The molecule has 1 aliphatic carbocycles. The molecule has 3 N–H and O–H groups in total. The van der Waals surface area contributed by atoms with Crippen molar-refractivity contribution in [2.75, 3.05) is 6.54 Å². The second kappa shape index (κ2) is 12.1. The van der Waals surface area contributed by atoms with E-state index in [1.165, 1.54) is 4.72 Å². The standard InChI is InChI=1S/C27H33F6N3O3S/c1-25(2,3)16-34-15-17-10-11-21-18(12-17)6-4-9-22(21)35-24(37)14-23(27(31,32)33)36-40(38,39)20-8-5-7-19(13-20)26(28,29)30/h5,7-8,10-13,22-23,34,36H,4,6,9,14-16H2,1-3H3,(H,35,37)/t22-,23+/m1/s1. The number of benzene rings is 2. The molecule has 0 saturated carbocycles. The van der Waals surface area contributed by atoms with Crippen LogP contribution in [0.5, 0.6) is 0 Å². The monoisotopic (exact) mass is 593 g/mol. The van der Waals surface area contributed by atoms with Crippen LogP contribution in [0.1, 0.15) is 68.3 Å². The zero-order chi connectivity index (χ0) is 29.9. The summed E-state index contributed by atoms with van der Waals surface area (Å²) in [5.74, 6) is -1.04. The Morgan fingerprint density at radius 3 is 2.35 bits per heavy atom. The lowest BCUT2D eigenvalue weighted by atomic mass is 9.86. The number of alkyl halides is 6. The summed E-state index contributed by atoms with van der Waals surface area (Å²) >= 11 is 0. The van der Waals surface area contributed by atoms with Crippen molar-refractivity contribution in [3.63, 3.8) is 0 Å².